The Bertz CT molecular complexity index is 640. The minimum atomic E-state index is -4.50. The highest BCUT2D eigenvalue weighted by atomic mass is 19.4. The molecule has 1 saturated heterocycles. The van der Waals surface area contributed by atoms with E-state index in [1.807, 2.05) is 0 Å². The first kappa shape index (κ1) is 15.6. The number of carbonyl (C=O) groups excluding carboxylic acids is 1. The van der Waals surface area contributed by atoms with Gasteiger partial charge in [-0.1, -0.05) is 6.07 Å². The number of halogens is 3. The minimum Gasteiger partial charge on any atom is -0.442 e. The van der Waals surface area contributed by atoms with Gasteiger partial charge in [0.1, 0.15) is 12.3 Å². The van der Waals surface area contributed by atoms with Gasteiger partial charge in [0.2, 0.25) is 0 Å². The number of rotatable bonds is 2. The van der Waals surface area contributed by atoms with Gasteiger partial charge in [-0.15, -0.1) is 0 Å². The summed E-state index contributed by atoms with van der Waals surface area (Å²) in [6.07, 6.45) is -5.22. The minimum absolute atomic E-state index is 0.117. The fourth-order valence-electron chi connectivity index (χ4n) is 2.48. The van der Waals surface area contributed by atoms with Crippen molar-refractivity contribution in [2.45, 2.75) is 6.18 Å². The average molecular weight is 329 g/mol. The number of morpholine rings is 1. The summed E-state index contributed by atoms with van der Waals surface area (Å²) in [5, 5.41) is 3.74. The molecule has 1 aromatic carbocycles. The predicted molar refractivity (Wildman–Crippen MR) is 75.5 cm³/mol. The first-order valence-electron chi connectivity index (χ1n) is 6.99. The molecular weight excluding hydrogens is 315 g/mol. The van der Waals surface area contributed by atoms with E-state index in [1.165, 1.54) is 6.07 Å². The number of ether oxygens (including phenoxy) is 2. The Balaban J connectivity index is 1.97. The summed E-state index contributed by atoms with van der Waals surface area (Å²) in [6, 6.07) is 3.99. The molecule has 2 heterocycles. The Morgan fingerprint density at radius 2 is 1.96 bits per heavy atom. The van der Waals surface area contributed by atoms with Crippen molar-refractivity contribution < 1.29 is 27.4 Å². The number of amides is 1. The van der Waals surface area contributed by atoms with Crippen LogP contribution in [0.2, 0.25) is 0 Å². The molecule has 3 rings (SSSR count). The van der Waals surface area contributed by atoms with Crippen LogP contribution in [0.3, 0.4) is 0 Å². The molecule has 1 aromatic rings. The first-order chi connectivity index (χ1) is 10.9. The van der Waals surface area contributed by atoms with Gasteiger partial charge in [-0.05, 0) is 12.1 Å². The molecule has 2 aliphatic rings. The molecule has 6 nitrogen and oxygen atoms in total. The quantitative estimate of drug-likeness (QED) is 0.901. The number of hydrogen-bond acceptors (Lipinski definition) is 5. The Morgan fingerprint density at radius 1 is 1.22 bits per heavy atom. The lowest BCUT2D eigenvalue weighted by atomic mass is 10.0. The summed E-state index contributed by atoms with van der Waals surface area (Å²) >= 11 is 0. The van der Waals surface area contributed by atoms with Crippen molar-refractivity contribution in [2.24, 2.45) is 5.10 Å². The van der Waals surface area contributed by atoms with Crippen LogP contribution in [0.4, 0.5) is 23.7 Å². The summed E-state index contributed by atoms with van der Waals surface area (Å²) in [5.41, 5.74) is 1.96. The summed E-state index contributed by atoms with van der Waals surface area (Å²) in [5.74, 6) is 0. The molecule has 1 fully saturated rings. The van der Waals surface area contributed by atoms with E-state index in [0.29, 0.717) is 26.3 Å². The van der Waals surface area contributed by atoms with Gasteiger partial charge >= 0.3 is 12.3 Å². The van der Waals surface area contributed by atoms with E-state index in [9.17, 15) is 18.0 Å². The molecule has 1 amide bonds. The van der Waals surface area contributed by atoms with Crippen LogP contribution in [-0.2, 0) is 15.7 Å². The molecule has 124 valence electrons. The third-order valence-electron chi connectivity index (χ3n) is 3.61. The van der Waals surface area contributed by atoms with E-state index in [0.717, 1.165) is 6.07 Å². The maximum Gasteiger partial charge on any atom is 0.428 e. The monoisotopic (exact) mass is 329 g/mol. The number of nitrogens with zero attached hydrogens (tertiary/aromatic N) is 2. The van der Waals surface area contributed by atoms with Crippen LogP contribution < -0.4 is 10.3 Å². The molecule has 0 bridgehead atoms. The number of cyclic esters (lactones) is 1. The smallest absolute Gasteiger partial charge is 0.428 e. The van der Waals surface area contributed by atoms with Gasteiger partial charge in [-0.2, -0.15) is 18.3 Å². The molecule has 0 aromatic heterocycles. The van der Waals surface area contributed by atoms with Crippen molar-refractivity contribution >= 4 is 17.5 Å². The molecule has 9 heteroatoms. The number of anilines is 1. The highest BCUT2D eigenvalue weighted by Crippen LogP contribution is 2.37. The lowest BCUT2D eigenvalue weighted by Crippen LogP contribution is -2.37. The SMILES string of the molecule is O=C1NN=C(c2ccc(N3CCOCC3)c(C(F)(F)F)c2)CO1. The zero-order valence-electron chi connectivity index (χ0n) is 12.0. The Morgan fingerprint density at radius 3 is 2.57 bits per heavy atom. The summed E-state index contributed by atoms with van der Waals surface area (Å²) < 4.78 is 50.1. The average Bonchev–Trinajstić information content (AvgIpc) is 2.55. The second-order valence-electron chi connectivity index (χ2n) is 5.08. The fraction of sp³-hybridized carbons (Fsp3) is 0.429. The van der Waals surface area contributed by atoms with Crippen LogP contribution in [0, 0.1) is 0 Å². The van der Waals surface area contributed by atoms with Gasteiger partial charge < -0.3 is 14.4 Å². The van der Waals surface area contributed by atoms with Gasteiger partial charge in [0.25, 0.3) is 0 Å². The van der Waals surface area contributed by atoms with Crippen LogP contribution in [0.25, 0.3) is 0 Å². The van der Waals surface area contributed by atoms with E-state index in [2.05, 4.69) is 10.5 Å². The van der Waals surface area contributed by atoms with E-state index < -0.39 is 17.8 Å². The molecule has 0 spiro atoms. The zero-order chi connectivity index (χ0) is 16.4. The van der Waals surface area contributed by atoms with Crippen LogP contribution in [-0.4, -0.2) is 44.7 Å². The molecular formula is C14H14F3N3O3. The van der Waals surface area contributed by atoms with Crippen LogP contribution in [0.15, 0.2) is 23.3 Å². The molecule has 23 heavy (non-hydrogen) atoms. The van der Waals surface area contributed by atoms with Crippen molar-refractivity contribution in [3.8, 4) is 0 Å². The Labute approximate surface area is 129 Å². The molecule has 0 unspecified atom stereocenters. The molecule has 2 aliphatic heterocycles. The van der Waals surface area contributed by atoms with Gasteiger partial charge in [0.05, 0.1) is 18.8 Å². The fourth-order valence-corrected chi connectivity index (χ4v) is 2.48. The van der Waals surface area contributed by atoms with Gasteiger partial charge in [-0.3, -0.25) is 0 Å². The van der Waals surface area contributed by atoms with Crippen molar-refractivity contribution in [3.05, 3.63) is 29.3 Å². The molecule has 0 aliphatic carbocycles. The summed E-state index contributed by atoms with van der Waals surface area (Å²) in [4.78, 5) is 12.5. The molecule has 0 saturated carbocycles. The maximum absolute atomic E-state index is 13.4. The number of alkyl halides is 3. The summed E-state index contributed by atoms with van der Waals surface area (Å²) in [7, 11) is 0. The van der Waals surface area contributed by atoms with Crippen molar-refractivity contribution in [2.75, 3.05) is 37.8 Å². The highest BCUT2D eigenvalue weighted by molar-refractivity contribution is 6.04. The van der Waals surface area contributed by atoms with Crippen molar-refractivity contribution in [3.63, 3.8) is 0 Å². The number of benzene rings is 1. The van der Waals surface area contributed by atoms with Gasteiger partial charge in [-0.25, -0.2) is 10.2 Å². The summed E-state index contributed by atoms with van der Waals surface area (Å²) in [6.45, 7) is 1.43. The van der Waals surface area contributed by atoms with Crippen molar-refractivity contribution in [1.82, 2.24) is 5.43 Å². The topological polar surface area (TPSA) is 63.2 Å². The maximum atomic E-state index is 13.4. The lowest BCUT2D eigenvalue weighted by molar-refractivity contribution is -0.137. The van der Waals surface area contributed by atoms with Crippen LogP contribution in [0.5, 0.6) is 0 Å². The van der Waals surface area contributed by atoms with E-state index >= 15 is 0 Å². The first-order valence-corrected chi connectivity index (χ1v) is 6.99. The van der Waals surface area contributed by atoms with Crippen molar-refractivity contribution in [1.29, 1.82) is 0 Å². The third-order valence-corrected chi connectivity index (χ3v) is 3.61. The molecule has 0 radical (unpaired) electrons. The number of hydrazone groups is 1. The normalized spacial score (nSPS) is 19.0. The Hall–Kier alpha value is -2.29. The van der Waals surface area contributed by atoms with Gasteiger partial charge in [0.15, 0.2) is 0 Å². The third kappa shape index (κ3) is 3.39. The second kappa shape index (κ2) is 6.07. The number of carbonyl (C=O) groups is 1. The van der Waals surface area contributed by atoms with E-state index in [1.54, 1.807) is 11.0 Å². The largest absolute Gasteiger partial charge is 0.442 e. The molecule has 0 atom stereocenters. The highest BCUT2D eigenvalue weighted by Gasteiger charge is 2.36. The van der Waals surface area contributed by atoms with E-state index in [-0.39, 0.29) is 23.6 Å². The predicted octanol–water partition coefficient (Wildman–Crippen LogP) is 1.99. The number of hydrogen-bond donors (Lipinski definition) is 1. The van der Waals surface area contributed by atoms with Crippen LogP contribution in [0.1, 0.15) is 11.1 Å². The Kier molecular flexibility index (Phi) is 4.12. The van der Waals surface area contributed by atoms with Gasteiger partial charge in [0, 0.05) is 24.3 Å². The van der Waals surface area contributed by atoms with E-state index in [4.69, 9.17) is 9.47 Å². The molecule has 1 N–H and O–H groups in total. The lowest BCUT2D eigenvalue weighted by Gasteiger charge is -2.31. The number of nitrogens with one attached hydrogen (secondary N) is 1. The second-order valence-corrected chi connectivity index (χ2v) is 5.08. The standard InChI is InChI=1S/C14H14F3N3O3/c15-14(16,17)10-7-9(11-8-23-13(21)19-18-11)1-2-12(10)20-3-5-22-6-4-20/h1-2,7H,3-6,8H2,(H,19,21). The zero-order valence-corrected chi connectivity index (χ0v) is 12.0. The van der Waals surface area contributed by atoms with Crippen LogP contribution >= 0.6 is 0 Å².